The number of piperazine rings is 1. The van der Waals surface area contributed by atoms with Crippen molar-refractivity contribution in [2.75, 3.05) is 32.8 Å². The summed E-state index contributed by atoms with van der Waals surface area (Å²) in [6, 6.07) is 7.32. The van der Waals surface area contributed by atoms with E-state index in [1.165, 1.54) is 4.90 Å². The fourth-order valence-corrected chi connectivity index (χ4v) is 2.78. The van der Waals surface area contributed by atoms with Crippen LogP contribution in [0.5, 0.6) is 0 Å². The summed E-state index contributed by atoms with van der Waals surface area (Å²) in [4.78, 5) is 19.2. The smallest absolute Gasteiger partial charge is 0.410 e. The number of rotatable bonds is 4. The van der Waals surface area contributed by atoms with Crippen molar-refractivity contribution in [2.24, 2.45) is 0 Å². The van der Waals surface area contributed by atoms with Crippen molar-refractivity contribution in [2.45, 2.75) is 13.5 Å². The zero-order valence-electron chi connectivity index (χ0n) is 13.5. The number of benzene rings is 1. The normalized spacial score (nSPS) is 15.5. The van der Waals surface area contributed by atoms with Gasteiger partial charge in [-0.05, 0) is 31.2 Å². The van der Waals surface area contributed by atoms with Gasteiger partial charge in [-0.3, -0.25) is 4.90 Å². The van der Waals surface area contributed by atoms with Crippen LogP contribution in [0.4, 0.5) is 4.79 Å². The molecule has 1 aromatic heterocycles. The molecule has 1 amide bonds. The maximum absolute atomic E-state index is 11.7. The van der Waals surface area contributed by atoms with E-state index in [0.29, 0.717) is 43.0 Å². The van der Waals surface area contributed by atoms with Crippen LogP contribution in [0.1, 0.15) is 12.8 Å². The molecule has 0 atom stereocenters. The Morgan fingerprint density at radius 3 is 2.71 bits per heavy atom. The number of ether oxygens (including phenoxy) is 1. The van der Waals surface area contributed by atoms with Crippen LogP contribution in [0.3, 0.4) is 0 Å². The highest BCUT2D eigenvalue weighted by Gasteiger charge is 2.26. The van der Waals surface area contributed by atoms with E-state index in [4.69, 9.17) is 20.9 Å². The molecule has 0 saturated carbocycles. The number of hydrogen-bond donors (Lipinski definition) is 1. The Labute approximate surface area is 145 Å². The molecule has 8 heteroatoms. The standard InChI is InChI=1S/C16H19ClN4O3/c1-2-23-16(22)21-9-7-20(8-10-21)11-14-18-15(19-24-14)12-3-5-13(17)6-4-12/h3-6H,2,7-11H2,1H3/p+1. The zero-order valence-corrected chi connectivity index (χ0v) is 14.3. The number of nitrogens with one attached hydrogen (secondary N) is 1. The number of carbonyl (C=O) groups excluding carboxylic acids is 1. The van der Waals surface area contributed by atoms with E-state index >= 15 is 0 Å². The Kier molecular flexibility index (Phi) is 5.32. The molecule has 2 heterocycles. The van der Waals surface area contributed by atoms with Crippen LogP contribution in [0, 0.1) is 0 Å². The van der Waals surface area contributed by atoms with Crippen molar-refractivity contribution >= 4 is 17.7 Å². The van der Waals surface area contributed by atoms with E-state index in [0.717, 1.165) is 18.7 Å². The van der Waals surface area contributed by atoms with Gasteiger partial charge in [-0.15, -0.1) is 0 Å². The van der Waals surface area contributed by atoms with E-state index in [1.54, 1.807) is 17.0 Å². The molecule has 24 heavy (non-hydrogen) atoms. The average molecular weight is 352 g/mol. The van der Waals surface area contributed by atoms with Crippen molar-refractivity contribution in [1.29, 1.82) is 0 Å². The third-order valence-electron chi connectivity index (χ3n) is 3.97. The highest BCUT2D eigenvalue weighted by molar-refractivity contribution is 6.30. The minimum absolute atomic E-state index is 0.237. The van der Waals surface area contributed by atoms with E-state index in [9.17, 15) is 4.79 Å². The molecule has 1 fully saturated rings. The SMILES string of the molecule is CCOC(=O)N1CC[NH+](Cc2nc(-c3ccc(Cl)cc3)no2)CC1. The minimum Gasteiger partial charge on any atom is -0.450 e. The Hall–Kier alpha value is -2.12. The molecule has 1 aliphatic rings. The van der Waals surface area contributed by atoms with Gasteiger partial charge in [0, 0.05) is 10.6 Å². The molecule has 1 N–H and O–H groups in total. The van der Waals surface area contributed by atoms with Crippen molar-refractivity contribution in [1.82, 2.24) is 15.0 Å². The van der Waals surface area contributed by atoms with Crippen LogP contribution in [-0.4, -0.2) is 53.9 Å². The summed E-state index contributed by atoms with van der Waals surface area (Å²) in [7, 11) is 0. The molecule has 1 aliphatic heterocycles. The first-order valence-electron chi connectivity index (χ1n) is 7.99. The van der Waals surface area contributed by atoms with Crippen LogP contribution < -0.4 is 4.90 Å². The molecule has 0 radical (unpaired) electrons. The number of halogens is 1. The second-order valence-corrected chi connectivity index (χ2v) is 6.07. The van der Waals surface area contributed by atoms with Gasteiger partial charge in [-0.2, -0.15) is 4.98 Å². The first-order chi connectivity index (χ1) is 11.7. The lowest BCUT2D eigenvalue weighted by molar-refractivity contribution is -0.919. The van der Waals surface area contributed by atoms with Gasteiger partial charge >= 0.3 is 6.09 Å². The second-order valence-electron chi connectivity index (χ2n) is 5.63. The fourth-order valence-electron chi connectivity index (χ4n) is 2.65. The van der Waals surface area contributed by atoms with E-state index in [1.807, 2.05) is 19.1 Å². The van der Waals surface area contributed by atoms with Crippen molar-refractivity contribution in [3.63, 3.8) is 0 Å². The van der Waals surface area contributed by atoms with E-state index in [-0.39, 0.29) is 6.09 Å². The summed E-state index contributed by atoms with van der Waals surface area (Å²) in [5.74, 6) is 1.16. The summed E-state index contributed by atoms with van der Waals surface area (Å²) >= 11 is 5.88. The van der Waals surface area contributed by atoms with E-state index in [2.05, 4.69) is 10.1 Å². The molecule has 3 rings (SSSR count). The molecule has 2 aromatic rings. The zero-order chi connectivity index (χ0) is 16.9. The van der Waals surface area contributed by atoms with Crippen LogP contribution in [0.15, 0.2) is 28.8 Å². The molecule has 0 unspecified atom stereocenters. The van der Waals surface area contributed by atoms with Crippen molar-refractivity contribution in [3.8, 4) is 11.4 Å². The number of hydrogen-bond acceptors (Lipinski definition) is 5. The summed E-state index contributed by atoms with van der Waals surface area (Å²) in [6.07, 6.45) is -0.237. The molecule has 0 bridgehead atoms. The van der Waals surface area contributed by atoms with Gasteiger partial charge in [0.2, 0.25) is 5.82 Å². The average Bonchev–Trinajstić information content (AvgIpc) is 3.05. The second kappa shape index (κ2) is 7.63. The number of aromatic nitrogens is 2. The van der Waals surface area contributed by atoms with Gasteiger partial charge in [-0.1, -0.05) is 16.8 Å². The fraction of sp³-hybridized carbons (Fsp3) is 0.438. The van der Waals surface area contributed by atoms with Crippen molar-refractivity contribution < 1.29 is 19.0 Å². The maximum Gasteiger partial charge on any atom is 0.410 e. The predicted octanol–water partition coefficient (Wildman–Crippen LogP) is 1.25. The van der Waals surface area contributed by atoms with E-state index < -0.39 is 0 Å². The number of carbonyl (C=O) groups is 1. The van der Waals surface area contributed by atoms with Gasteiger partial charge in [0.25, 0.3) is 5.89 Å². The Morgan fingerprint density at radius 2 is 2.04 bits per heavy atom. The Balaban J connectivity index is 1.54. The molecular formula is C16H20ClN4O3+. The quantitative estimate of drug-likeness (QED) is 0.897. The number of amides is 1. The predicted molar refractivity (Wildman–Crippen MR) is 87.7 cm³/mol. The van der Waals surface area contributed by atoms with Gasteiger partial charge in [0.1, 0.15) is 0 Å². The lowest BCUT2D eigenvalue weighted by Crippen LogP contribution is -3.13. The third-order valence-corrected chi connectivity index (χ3v) is 4.22. The van der Waals surface area contributed by atoms with Gasteiger partial charge in [0.05, 0.1) is 32.8 Å². The highest BCUT2D eigenvalue weighted by atomic mass is 35.5. The molecule has 1 aromatic carbocycles. The Bertz CT molecular complexity index is 681. The summed E-state index contributed by atoms with van der Waals surface area (Å²) in [5.41, 5.74) is 0.872. The monoisotopic (exact) mass is 351 g/mol. The molecule has 1 saturated heterocycles. The van der Waals surface area contributed by atoms with Gasteiger partial charge < -0.3 is 14.2 Å². The summed E-state index contributed by atoms with van der Waals surface area (Å²) < 4.78 is 10.4. The topological polar surface area (TPSA) is 72.9 Å². The lowest BCUT2D eigenvalue weighted by Gasteiger charge is -2.30. The molecule has 7 nitrogen and oxygen atoms in total. The van der Waals surface area contributed by atoms with Crippen LogP contribution >= 0.6 is 11.6 Å². The molecule has 128 valence electrons. The largest absolute Gasteiger partial charge is 0.450 e. The van der Waals surface area contributed by atoms with Crippen LogP contribution in [0.2, 0.25) is 5.02 Å². The van der Waals surface area contributed by atoms with Gasteiger partial charge in [0.15, 0.2) is 6.54 Å². The first kappa shape index (κ1) is 16.7. The Morgan fingerprint density at radius 1 is 1.33 bits per heavy atom. The molecular weight excluding hydrogens is 332 g/mol. The molecule has 0 spiro atoms. The van der Waals surface area contributed by atoms with Crippen molar-refractivity contribution in [3.05, 3.63) is 35.2 Å². The minimum atomic E-state index is -0.237. The van der Waals surface area contributed by atoms with Crippen LogP contribution in [-0.2, 0) is 11.3 Å². The van der Waals surface area contributed by atoms with Gasteiger partial charge in [-0.25, -0.2) is 4.79 Å². The summed E-state index contributed by atoms with van der Waals surface area (Å²) in [5, 5.41) is 4.69. The van der Waals surface area contributed by atoms with Crippen LogP contribution in [0.25, 0.3) is 11.4 Å². The number of nitrogens with zero attached hydrogens (tertiary/aromatic N) is 3. The maximum atomic E-state index is 11.7. The molecule has 0 aliphatic carbocycles. The highest BCUT2D eigenvalue weighted by Crippen LogP contribution is 2.18. The summed E-state index contributed by atoms with van der Waals surface area (Å²) in [6.45, 7) is 5.87. The third kappa shape index (κ3) is 4.04. The lowest BCUT2D eigenvalue weighted by atomic mass is 10.2. The number of quaternary nitrogens is 1. The first-order valence-corrected chi connectivity index (χ1v) is 8.37.